The summed E-state index contributed by atoms with van der Waals surface area (Å²) in [5.74, 6) is -1.44. The first-order valence-corrected chi connectivity index (χ1v) is 9.34. The lowest BCUT2D eigenvalue weighted by Crippen LogP contribution is -2.43. The van der Waals surface area contributed by atoms with Crippen molar-refractivity contribution in [2.75, 3.05) is 7.05 Å². The van der Waals surface area contributed by atoms with Crippen molar-refractivity contribution in [2.45, 2.75) is 20.0 Å². The van der Waals surface area contributed by atoms with Gasteiger partial charge < -0.3 is 10.1 Å². The standard InChI is InChI=1S/C22H22N4O4/c1-14-8-7-9-16(12-14)19-18(13-26(25-19)17-10-5-4-6-11-17)21(28)30-15(2)20(27)24-22(29)23-3/h4-13,15H,1-3H3,(H2,23,24,27,29)/t15-/m0/s1. The minimum atomic E-state index is -1.17. The van der Waals surface area contributed by atoms with Crippen LogP contribution in [0.5, 0.6) is 0 Å². The second-order valence-electron chi connectivity index (χ2n) is 6.66. The van der Waals surface area contributed by atoms with Crippen LogP contribution in [0, 0.1) is 6.92 Å². The van der Waals surface area contributed by atoms with Crippen LogP contribution in [0.2, 0.25) is 0 Å². The van der Waals surface area contributed by atoms with Crippen LogP contribution in [0.15, 0.2) is 60.8 Å². The van der Waals surface area contributed by atoms with E-state index in [1.54, 1.807) is 10.9 Å². The van der Waals surface area contributed by atoms with Crippen molar-refractivity contribution < 1.29 is 19.1 Å². The number of esters is 1. The van der Waals surface area contributed by atoms with Crippen LogP contribution in [-0.4, -0.2) is 40.8 Å². The summed E-state index contributed by atoms with van der Waals surface area (Å²) in [6.07, 6.45) is 0.402. The summed E-state index contributed by atoms with van der Waals surface area (Å²) < 4.78 is 6.89. The molecule has 1 heterocycles. The van der Waals surface area contributed by atoms with E-state index in [1.165, 1.54) is 14.0 Å². The third kappa shape index (κ3) is 4.72. The van der Waals surface area contributed by atoms with E-state index in [2.05, 4.69) is 15.7 Å². The molecule has 3 amide bonds. The number of carbonyl (C=O) groups is 3. The number of aromatic nitrogens is 2. The Bertz CT molecular complexity index is 1080. The largest absolute Gasteiger partial charge is 0.449 e. The topological polar surface area (TPSA) is 102 Å². The molecular formula is C22H22N4O4. The first-order valence-electron chi connectivity index (χ1n) is 9.34. The molecule has 3 rings (SSSR count). The van der Waals surface area contributed by atoms with E-state index in [1.807, 2.05) is 61.5 Å². The Morgan fingerprint density at radius 2 is 1.80 bits per heavy atom. The number of urea groups is 1. The van der Waals surface area contributed by atoms with Gasteiger partial charge in [0.1, 0.15) is 11.3 Å². The highest BCUT2D eigenvalue weighted by Crippen LogP contribution is 2.25. The molecule has 0 aliphatic carbocycles. The van der Waals surface area contributed by atoms with E-state index in [0.29, 0.717) is 5.69 Å². The molecule has 1 atom stereocenters. The quantitative estimate of drug-likeness (QED) is 0.635. The fraction of sp³-hybridized carbons (Fsp3) is 0.182. The van der Waals surface area contributed by atoms with Gasteiger partial charge in [0.05, 0.1) is 5.69 Å². The van der Waals surface area contributed by atoms with Crippen LogP contribution in [-0.2, 0) is 9.53 Å². The van der Waals surface area contributed by atoms with E-state index in [-0.39, 0.29) is 5.56 Å². The molecule has 1 aromatic heterocycles. The normalized spacial score (nSPS) is 11.4. The van der Waals surface area contributed by atoms with Gasteiger partial charge in [-0.15, -0.1) is 0 Å². The van der Waals surface area contributed by atoms with Crippen molar-refractivity contribution in [3.05, 3.63) is 71.9 Å². The Morgan fingerprint density at radius 1 is 1.07 bits per heavy atom. The molecule has 0 spiro atoms. The van der Waals surface area contributed by atoms with Gasteiger partial charge in [0.15, 0.2) is 6.10 Å². The van der Waals surface area contributed by atoms with E-state index < -0.39 is 24.0 Å². The maximum Gasteiger partial charge on any atom is 0.342 e. The first-order chi connectivity index (χ1) is 14.4. The summed E-state index contributed by atoms with van der Waals surface area (Å²) >= 11 is 0. The highest BCUT2D eigenvalue weighted by molar-refractivity contribution is 6.00. The third-order valence-corrected chi connectivity index (χ3v) is 4.36. The number of rotatable bonds is 5. The zero-order chi connectivity index (χ0) is 21.7. The van der Waals surface area contributed by atoms with Gasteiger partial charge in [0, 0.05) is 18.8 Å². The number of amides is 3. The number of para-hydroxylation sites is 1. The summed E-state index contributed by atoms with van der Waals surface area (Å²) in [5.41, 5.74) is 3.19. The van der Waals surface area contributed by atoms with Crippen LogP contribution >= 0.6 is 0 Å². The Kier molecular flexibility index (Phi) is 6.26. The fourth-order valence-electron chi connectivity index (χ4n) is 2.80. The number of benzene rings is 2. The van der Waals surface area contributed by atoms with Gasteiger partial charge in [-0.25, -0.2) is 14.3 Å². The van der Waals surface area contributed by atoms with Crippen molar-refractivity contribution >= 4 is 17.9 Å². The number of hydrogen-bond acceptors (Lipinski definition) is 5. The summed E-state index contributed by atoms with van der Waals surface area (Å²) in [5, 5.41) is 8.93. The van der Waals surface area contributed by atoms with Crippen molar-refractivity contribution in [3.8, 4) is 16.9 Å². The molecule has 0 aliphatic heterocycles. The SMILES string of the molecule is CNC(=O)NC(=O)[C@H](C)OC(=O)c1cn(-c2ccccc2)nc1-c1cccc(C)c1. The number of nitrogens with zero attached hydrogens (tertiary/aromatic N) is 2. The molecule has 0 fully saturated rings. The molecule has 8 nitrogen and oxygen atoms in total. The van der Waals surface area contributed by atoms with Crippen LogP contribution in [0.3, 0.4) is 0 Å². The molecule has 2 N–H and O–H groups in total. The predicted octanol–water partition coefficient (Wildman–Crippen LogP) is 2.85. The van der Waals surface area contributed by atoms with Crippen molar-refractivity contribution in [1.82, 2.24) is 20.4 Å². The Hall–Kier alpha value is -3.94. The molecule has 30 heavy (non-hydrogen) atoms. The molecule has 154 valence electrons. The number of carbonyl (C=O) groups excluding carboxylic acids is 3. The molecule has 0 saturated heterocycles. The minimum Gasteiger partial charge on any atom is -0.449 e. The van der Waals surface area contributed by atoms with Gasteiger partial charge in [-0.3, -0.25) is 10.1 Å². The zero-order valence-corrected chi connectivity index (χ0v) is 16.9. The van der Waals surface area contributed by atoms with Gasteiger partial charge in [-0.1, -0.05) is 42.0 Å². The number of aryl methyl sites for hydroxylation is 1. The number of nitrogens with one attached hydrogen (secondary N) is 2. The van der Waals surface area contributed by atoms with Crippen LogP contribution in [0.1, 0.15) is 22.8 Å². The zero-order valence-electron chi connectivity index (χ0n) is 16.9. The van der Waals surface area contributed by atoms with Crippen LogP contribution in [0.4, 0.5) is 4.79 Å². The molecule has 2 aromatic carbocycles. The Labute approximate surface area is 173 Å². The van der Waals surface area contributed by atoms with Gasteiger partial charge in [-0.2, -0.15) is 5.10 Å². The molecular weight excluding hydrogens is 384 g/mol. The van der Waals surface area contributed by atoms with Crippen LogP contribution in [0.25, 0.3) is 16.9 Å². The maximum absolute atomic E-state index is 12.9. The molecule has 0 aliphatic rings. The summed E-state index contributed by atoms with van der Waals surface area (Å²) in [7, 11) is 1.38. The van der Waals surface area contributed by atoms with E-state index in [0.717, 1.165) is 16.8 Å². The van der Waals surface area contributed by atoms with Gasteiger partial charge in [-0.05, 0) is 32.0 Å². The maximum atomic E-state index is 12.9. The molecule has 3 aromatic rings. The minimum absolute atomic E-state index is 0.212. The number of imide groups is 1. The lowest BCUT2D eigenvalue weighted by atomic mass is 10.1. The summed E-state index contributed by atoms with van der Waals surface area (Å²) in [4.78, 5) is 36.2. The summed E-state index contributed by atoms with van der Waals surface area (Å²) in [6, 6.07) is 16.2. The third-order valence-electron chi connectivity index (χ3n) is 4.36. The first kappa shape index (κ1) is 20.8. The van der Waals surface area contributed by atoms with E-state index in [9.17, 15) is 14.4 Å². The average Bonchev–Trinajstić information content (AvgIpc) is 3.20. The average molecular weight is 406 g/mol. The van der Waals surface area contributed by atoms with E-state index in [4.69, 9.17) is 4.74 Å². The summed E-state index contributed by atoms with van der Waals surface area (Å²) in [6.45, 7) is 3.34. The molecule has 0 unspecified atom stereocenters. The lowest BCUT2D eigenvalue weighted by molar-refractivity contribution is -0.127. The molecule has 0 saturated carbocycles. The molecule has 0 bridgehead atoms. The Balaban J connectivity index is 1.94. The van der Waals surface area contributed by atoms with Crippen molar-refractivity contribution in [3.63, 3.8) is 0 Å². The number of hydrogen-bond donors (Lipinski definition) is 2. The second kappa shape index (κ2) is 9.04. The number of ether oxygens (including phenoxy) is 1. The Morgan fingerprint density at radius 3 is 2.47 bits per heavy atom. The highest BCUT2D eigenvalue weighted by Gasteiger charge is 2.25. The highest BCUT2D eigenvalue weighted by atomic mass is 16.5. The fourth-order valence-corrected chi connectivity index (χ4v) is 2.80. The monoisotopic (exact) mass is 406 g/mol. The van der Waals surface area contributed by atoms with Gasteiger partial charge in [0.25, 0.3) is 5.91 Å². The van der Waals surface area contributed by atoms with Crippen molar-refractivity contribution in [2.24, 2.45) is 0 Å². The predicted molar refractivity (Wildman–Crippen MR) is 111 cm³/mol. The van der Waals surface area contributed by atoms with E-state index >= 15 is 0 Å². The van der Waals surface area contributed by atoms with Gasteiger partial charge in [0.2, 0.25) is 0 Å². The van der Waals surface area contributed by atoms with Crippen molar-refractivity contribution in [1.29, 1.82) is 0 Å². The molecule has 0 radical (unpaired) electrons. The lowest BCUT2D eigenvalue weighted by Gasteiger charge is -2.12. The second-order valence-corrected chi connectivity index (χ2v) is 6.66. The van der Waals surface area contributed by atoms with Gasteiger partial charge >= 0.3 is 12.0 Å². The van der Waals surface area contributed by atoms with Crippen LogP contribution < -0.4 is 10.6 Å². The smallest absolute Gasteiger partial charge is 0.342 e. The molecule has 8 heteroatoms.